The summed E-state index contributed by atoms with van der Waals surface area (Å²) in [4.78, 5) is 32.1. The summed E-state index contributed by atoms with van der Waals surface area (Å²) in [5.41, 5.74) is 3.03. The van der Waals surface area contributed by atoms with Crippen LogP contribution in [0.1, 0.15) is 24.3 Å². The van der Waals surface area contributed by atoms with Gasteiger partial charge in [-0.05, 0) is 54.7 Å². The molecule has 160 valence electrons. The molecule has 0 spiro atoms. The first-order chi connectivity index (χ1) is 15.1. The number of hydrogen-bond donors (Lipinski definition) is 1. The van der Waals surface area contributed by atoms with E-state index in [-0.39, 0.29) is 25.0 Å². The summed E-state index contributed by atoms with van der Waals surface area (Å²) in [6.07, 6.45) is 3.86. The van der Waals surface area contributed by atoms with Gasteiger partial charge in [0, 0.05) is 30.2 Å². The lowest BCUT2D eigenvalue weighted by atomic mass is 9.89. The van der Waals surface area contributed by atoms with Crippen LogP contribution in [0.25, 0.3) is 10.9 Å². The smallest absolute Gasteiger partial charge is 0.265 e. The number of H-pyrrole nitrogens is 1. The summed E-state index contributed by atoms with van der Waals surface area (Å²) >= 11 is 0. The van der Waals surface area contributed by atoms with Gasteiger partial charge >= 0.3 is 0 Å². The molecule has 1 fully saturated rings. The van der Waals surface area contributed by atoms with E-state index in [1.165, 1.54) is 10.9 Å². The topological polar surface area (TPSA) is 74.9 Å². The van der Waals surface area contributed by atoms with Crippen LogP contribution in [0.5, 0.6) is 11.5 Å². The first kappa shape index (κ1) is 19.5. The molecule has 1 saturated heterocycles. The highest BCUT2D eigenvalue weighted by Gasteiger charge is 2.31. The van der Waals surface area contributed by atoms with E-state index in [2.05, 4.69) is 17.2 Å². The zero-order chi connectivity index (χ0) is 21.4. The van der Waals surface area contributed by atoms with E-state index in [1.807, 2.05) is 41.3 Å². The van der Waals surface area contributed by atoms with Crippen molar-refractivity contribution in [2.24, 2.45) is 0 Å². The minimum absolute atomic E-state index is 0.0240. The lowest BCUT2D eigenvalue weighted by Gasteiger charge is -2.35. The number of hydrogen-bond acceptors (Lipinski definition) is 4. The number of para-hydroxylation sites is 2. The molecule has 7 nitrogen and oxygen atoms in total. The average molecular weight is 419 g/mol. The number of anilines is 1. The molecule has 2 aliphatic rings. The van der Waals surface area contributed by atoms with E-state index in [1.54, 1.807) is 12.0 Å². The number of rotatable bonds is 4. The zero-order valence-corrected chi connectivity index (χ0v) is 17.5. The second kappa shape index (κ2) is 7.98. The number of nitrogens with zero attached hydrogens (tertiary/aromatic N) is 2. The third-order valence-electron chi connectivity index (χ3n) is 6.31. The summed E-state index contributed by atoms with van der Waals surface area (Å²) in [6.45, 7) is 1.38. The molecule has 1 aromatic heterocycles. The van der Waals surface area contributed by atoms with E-state index in [9.17, 15) is 9.59 Å². The fraction of sp³-hybridized carbons (Fsp3) is 0.333. The van der Waals surface area contributed by atoms with Gasteiger partial charge in [-0.25, -0.2) is 0 Å². The molecule has 1 N–H and O–H groups in total. The quantitative estimate of drug-likeness (QED) is 0.704. The number of methoxy groups -OCH3 is 1. The minimum atomic E-state index is -0.185. The largest absolute Gasteiger partial charge is 0.497 e. The van der Waals surface area contributed by atoms with Gasteiger partial charge in [0.25, 0.3) is 5.91 Å². The SMILES string of the molecule is COc1ccc2[nH]cc(C3CCN(C(=O)CN4C(=O)COc5ccccc54)CC3)c2c1. The molecule has 2 aromatic carbocycles. The molecular weight excluding hydrogens is 394 g/mol. The summed E-state index contributed by atoms with van der Waals surface area (Å²) < 4.78 is 10.9. The van der Waals surface area contributed by atoms with Crippen molar-refractivity contribution in [1.29, 1.82) is 0 Å². The highest BCUT2D eigenvalue weighted by molar-refractivity contribution is 6.02. The van der Waals surface area contributed by atoms with Gasteiger partial charge in [-0.1, -0.05) is 12.1 Å². The van der Waals surface area contributed by atoms with Crippen LogP contribution in [-0.2, 0) is 9.59 Å². The number of carbonyl (C=O) groups is 2. The number of aromatic nitrogens is 1. The Morgan fingerprint density at radius 3 is 2.81 bits per heavy atom. The molecule has 2 aliphatic heterocycles. The third kappa shape index (κ3) is 3.60. The molecule has 3 aromatic rings. The molecule has 7 heteroatoms. The number of fused-ring (bicyclic) bond motifs is 2. The number of benzene rings is 2. The predicted molar refractivity (Wildman–Crippen MR) is 118 cm³/mol. The van der Waals surface area contributed by atoms with Crippen LogP contribution in [0.15, 0.2) is 48.7 Å². The van der Waals surface area contributed by atoms with Crippen LogP contribution in [0.3, 0.4) is 0 Å². The maximum atomic E-state index is 13.0. The van der Waals surface area contributed by atoms with Gasteiger partial charge in [-0.15, -0.1) is 0 Å². The van der Waals surface area contributed by atoms with Gasteiger partial charge < -0.3 is 19.4 Å². The Morgan fingerprint density at radius 2 is 2.00 bits per heavy atom. The number of amides is 2. The van der Waals surface area contributed by atoms with Gasteiger partial charge in [0.05, 0.1) is 12.8 Å². The second-order valence-corrected chi connectivity index (χ2v) is 8.05. The molecule has 0 saturated carbocycles. The standard InChI is InChI=1S/C24H25N3O4/c1-30-17-6-7-20-18(12-17)19(13-25-20)16-8-10-26(11-9-16)23(28)14-27-21-4-2-3-5-22(21)31-15-24(27)29/h2-7,12-13,16,25H,8-11,14-15H2,1H3. The molecule has 5 rings (SSSR count). The summed E-state index contributed by atoms with van der Waals surface area (Å²) in [5.74, 6) is 1.66. The van der Waals surface area contributed by atoms with E-state index >= 15 is 0 Å². The normalized spacial score (nSPS) is 16.9. The molecule has 2 amide bonds. The molecule has 0 bridgehead atoms. The van der Waals surface area contributed by atoms with E-state index in [0.29, 0.717) is 30.4 Å². The van der Waals surface area contributed by atoms with Crippen molar-refractivity contribution in [3.05, 3.63) is 54.2 Å². The Balaban J connectivity index is 1.26. The van der Waals surface area contributed by atoms with Crippen LogP contribution in [0.4, 0.5) is 5.69 Å². The first-order valence-corrected chi connectivity index (χ1v) is 10.6. The van der Waals surface area contributed by atoms with Gasteiger partial charge in [-0.2, -0.15) is 0 Å². The van der Waals surface area contributed by atoms with Crippen LogP contribution < -0.4 is 14.4 Å². The van der Waals surface area contributed by atoms with Crippen molar-refractivity contribution in [3.8, 4) is 11.5 Å². The van der Waals surface area contributed by atoms with E-state index < -0.39 is 0 Å². The summed E-state index contributed by atoms with van der Waals surface area (Å²) in [6, 6.07) is 13.4. The van der Waals surface area contributed by atoms with Crippen LogP contribution >= 0.6 is 0 Å². The van der Waals surface area contributed by atoms with Crippen LogP contribution in [0.2, 0.25) is 0 Å². The lowest BCUT2D eigenvalue weighted by Crippen LogP contribution is -2.48. The fourth-order valence-corrected chi connectivity index (χ4v) is 4.59. The van der Waals surface area contributed by atoms with Crippen molar-refractivity contribution in [3.63, 3.8) is 0 Å². The summed E-state index contributed by atoms with van der Waals surface area (Å²) in [7, 11) is 1.68. The van der Waals surface area contributed by atoms with Gasteiger partial charge in [0.2, 0.25) is 5.91 Å². The fourth-order valence-electron chi connectivity index (χ4n) is 4.59. The second-order valence-electron chi connectivity index (χ2n) is 8.05. The predicted octanol–water partition coefficient (Wildman–Crippen LogP) is 3.31. The van der Waals surface area contributed by atoms with Crippen molar-refractivity contribution in [2.75, 3.05) is 38.3 Å². The molecular formula is C24H25N3O4. The van der Waals surface area contributed by atoms with Crippen LogP contribution in [0, 0.1) is 0 Å². The van der Waals surface area contributed by atoms with Crippen molar-refractivity contribution in [2.45, 2.75) is 18.8 Å². The molecule has 0 atom stereocenters. The Hall–Kier alpha value is -3.48. The van der Waals surface area contributed by atoms with Crippen LogP contribution in [-0.4, -0.2) is 55.0 Å². The zero-order valence-electron chi connectivity index (χ0n) is 17.5. The Bertz CT molecular complexity index is 1130. The monoisotopic (exact) mass is 419 g/mol. The Labute approximate surface area is 180 Å². The van der Waals surface area contributed by atoms with Crippen molar-refractivity contribution >= 4 is 28.4 Å². The van der Waals surface area contributed by atoms with E-state index in [4.69, 9.17) is 9.47 Å². The number of nitrogens with one attached hydrogen (secondary N) is 1. The maximum absolute atomic E-state index is 13.0. The Morgan fingerprint density at radius 1 is 1.19 bits per heavy atom. The first-order valence-electron chi connectivity index (χ1n) is 10.6. The van der Waals surface area contributed by atoms with Crippen molar-refractivity contribution in [1.82, 2.24) is 9.88 Å². The molecule has 31 heavy (non-hydrogen) atoms. The molecule has 3 heterocycles. The number of ether oxygens (including phenoxy) is 2. The van der Waals surface area contributed by atoms with E-state index in [0.717, 1.165) is 24.1 Å². The maximum Gasteiger partial charge on any atom is 0.265 e. The van der Waals surface area contributed by atoms with Gasteiger partial charge in [0.1, 0.15) is 18.0 Å². The highest BCUT2D eigenvalue weighted by atomic mass is 16.5. The number of likely N-dealkylation sites (tertiary alicyclic amines) is 1. The minimum Gasteiger partial charge on any atom is -0.497 e. The number of aromatic amines is 1. The number of carbonyl (C=O) groups excluding carboxylic acids is 2. The number of piperidine rings is 1. The third-order valence-corrected chi connectivity index (χ3v) is 6.31. The van der Waals surface area contributed by atoms with Crippen molar-refractivity contribution < 1.29 is 19.1 Å². The Kier molecular flexibility index (Phi) is 5.02. The van der Waals surface area contributed by atoms with Gasteiger partial charge in [0.15, 0.2) is 6.61 Å². The summed E-state index contributed by atoms with van der Waals surface area (Å²) in [5, 5.41) is 1.18. The molecule has 0 radical (unpaired) electrons. The highest BCUT2D eigenvalue weighted by Crippen LogP contribution is 2.35. The lowest BCUT2D eigenvalue weighted by molar-refractivity contribution is -0.132. The van der Waals surface area contributed by atoms with Gasteiger partial charge in [-0.3, -0.25) is 14.5 Å². The average Bonchev–Trinajstić information content (AvgIpc) is 3.24. The molecule has 0 aliphatic carbocycles. The molecule has 0 unspecified atom stereocenters.